The molecule has 0 saturated carbocycles. The molecule has 2 aromatic rings. The molecular formula is C14H20N2. The van der Waals surface area contributed by atoms with Crippen LogP contribution in [0, 0.1) is 6.92 Å². The molecule has 0 saturated heterocycles. The van der Waals surface area contributed by atoms with E-state index in [0.717, 1.165) is 6.42 Å². The van der Waals surface area contributed by atoms with Crippen LogP contribution in [0.4, 0.5) is 0 Å². The molecule has 0 amide bonds. The van der Waals surface area contributed by atoms with Gasteiger partial charge in [-0.1, -0.05) is 12.1 Å². The van der Waals surface area contributed by atoms with Crippen molar-refractivity contribution < 1.29 is 0 Å². The standard InChI is InChI=1S/C14H20N2/c1-10-5-6-13-12(8-11(2)16(3)4)9-15-14(13)7-10/h5-7,9,11,15H,8H2,1-4H3/t11-/m1/s1. The fraction of sp³-hybridized carbons (Fsp3) is 0.429. The summed E-state index contributed by atoms with van der Waals surface area (Å²) in [7, 11) is 4.26. The maximum Gasteiger partial charge on any atom is 0.0459 e. The number of rotatable bonds is 3. The fourth-order valence-electron chi connectivity index (χ4n) is 1.97. The van der Waals surface area contributed by atoms with Crippen LogP contribution in [-0.2, 0) is 6.42 Å². The van der Waals surface area contributed by atoms with E-state index >= 15 is 0 Å². The first-order chi connectivity index (χ1) is 7.58. The topological polar surface area (TPSA) is 19.0 Å². The summed E-state index contributed by atoms with van der Waals surface area (Å²) in [6.45, 7) is 4.38. The van der Waals surface area contributed by atoms with Crippen molar-refractivity contribution in [2.45, 2.75) is 26.3 Å². The van der Waals surface area contributed by atoms with Crippen molar-refractivity contribution in [3.63, 3.8) is 0 Å². The minimum absolute atomic E-state index is 0.570. The van der Waals surface area contributed by atoms with Gasteiger partial charge in [0, 0.05) is 23.1 Å². The van der Waals surface area contributed by atoms with E-state index in [1.165, 1.54) is 22.0 Å². The van der Waals surface area contributed by atoms with Gasteiger partial charge in [-0.3, -0.25) is 0 Å². The Morgan fingerprint density at radius 1 is 1.31 bits per heavy atom. The lowest BCUT2D eigenvalue weighted by molar-refractivity contribution is 0.313. The molecule has 0 radical (unpaired) electrons. The predicted octanol–water partition coefficient (Wildman–Crippen LogP) is 2.97. The van der Waals surface area contributed by atoms with Crippen LogP contribution in [-0.4, -0.2) is 30.0 Å². The summed E-state index contributed by atoms with van der Waals surface area (Å²) in [4.78, 5) is 5.61. The van der Waals surface area contributed by atoms with Crippen LogP contribution < -0.4 is 0 Å². The minimum Gasteiger partial charge on any atom is -0.361 e. The summed E-state index contributed by atoms with van der Waals surface area (Å²) >= 11 is 0. The number of likely N-dealkylation sites (N-methyl/N-ethyl adjacent to an activating group) is 1. The Labute approximate surface area is 97.3 Å². The van der Waals surface area contributed by atoms with Gasteiger partial charge in [0.05, 0.1) is 0 Å². The summed E-state index contributed by atoms with van der Waals surface area (Å²) < 4.78 is 0. The number of aryl methyl sites for hydroxylation is 1. The molecular weight excluding hydrogens is 196 g/mol. The van der Waals surface area contributed by atoms with Crippen LogP contribution in [0.3, 0.4) is 0 Å². The van der Waals surface area contributed by atoms with Gasteiger partial charge in [0.15, 0.2) is 0 Å². The smallest absolute Gasteiger partial charge is 0.0459 e. The molecule has 1 aromatic heterocycles. The van der Waals surface area contributed by atoms with Crippen LogP contribution in [0.2, 0.25) is 0 Å². The van der Waals surface area contributed by atoms with E-state index in [1.54, 1.807) is 0 Å². The minimum atomic E-state index is 0.570. The maximum absolute atomic E-state index is 3.35. The van der Waals surface area contributed by atoms with E-state index in [9.17, 15) is 0 Å². The van der Waals surface area contributed by atoms with Crippen LogP contribution in [0.25, 0.3) is 10.9 Å². The molecule has 0 fully saturated rings. The first kappa shape index (κ1) is 11.2. The number of benzene rings is 1. The van der Waals surface area contributed by atoms with Gasteiger partial charge in [0.2, 0.25) is 0 Å². The molecule has 0 aliphatic rings. The third-order valence-corrected chi connectivity index (χ3v) is 3.32. The highest BCUT2D eigenvalue weighted by Crippen LogP contribution is 2.21. The Kier molecular flexibility index (Phi) is 3.01. The highest BCUT2D eigenvalue weighted by atomic mass is 15.1. The van der Waals surface area contributed by atoms with Gasteiger partial charge in [-0.2, -0.15) is 0 Å². The quantitative estimate of drug-likeness (QED) is 0.835. The normalized spacial score (nSPS) is 13.6. The second-order valence-electron chi connectivity index (χ2n) is 4.88. The number of aromatic nitrogens is 1. The Morgan fingerprint density at radius 2 is 2.06 bits per heavy atom. The summed E-state index contributed by atoms with van der Waals surface area (Å²) in [6, 6.07) is 7.18. The van der Waals surface area contributed by atoms with E-state index in [-0.39, 0.29) is 0 Å². The number of fused-ring (bicyclic) bond motifs is 1. The monoisotopic (exact) mass is 216 g/mol. The van der Waals surface area contributed by atoms with Crippen molar-refractivity contribution in [2.24, 2.45) is 0 Å². The number of hydrogen-bond acceptors (Lipinski definition) is 1. The molecule has 0 spiro atoms. The van der Waals surface area contributed by atoms with E-state index < -0.39 is 0 Å². The van der Waals surface area contributed by atoms with E-state index in [0.29, 0.717) is 6.04 Å². The SMILES string of the molecule is Cc1ccc2c(C[C@@H](C)N(C)C)c[nH]c2c1. The van der Waals surface area contributed by atoms with E-state index in [2.05, 4.69) is 62.2 Å². The van der Waals surface area contributed by atoms with E-state index in [1.807, 2.05) is 0 Å². The highest BCUT2D eigenvalue weighted by molar-refractivity contribution is 5.83. The van der Waals surface area contributed by atoms with Crippen LogP contribution in [0.1, 0.15) is 18.1 Å². The first-order valence-electron chi connectivity index (χ1n) is 5.81. The zero-order valence-electron chi connectivity index (χ0n) is 10.5. The Morgan fingerprint density at radius 3 is 2.75 bits per heavy atom. The van der Waals surface area contributed by atoms with E-state index in [4.69, 9.17) is 0 Å². The predicted molar refractivity (Wildman–Crippen MR) is 69.9 cm³/mol. The molecule has 2 nitrogen and oxygen atoms in total. The molecule has 1 N–H and O–H groups in total. The lowest BCUT2D eigenvalue weighted by Gasteiger charge is -2.19. The lowest BCUT2D eigenvalue weighted by atomic mass is 10.0. The van der Waals surface area contributed by atoms with Gasteiger partial charge in [-0.15, -0.1) is 0 Å². The molecule has 1 aromatic carbocycles. The number of nitrogens with zero attached hydrogens (tertiary/aromatic N) is 1. The second kappa shape index (κ2) is 4.30. The average molecular weight is 216 g/mol. The van der Waals surface area contributed by atoms with Gasteiger partial charge >= 0.3 is 0 Å². The van der Waals surface area contributed by atoms with Gasteiger partial charge in [-0.25, -0.2) is 0 Å². The summed E-state index contributed by atoms with van der Waals surface area (Å²) in [5, 5.41) is 1.36. The van der Waals surface area contributed by atoms with Crippen molar-refractivity contribution >= 4 is 10.9 Å². The molecule has 16 heavy (non-hydrogen) atoms. The van der Waals surface area contributed by atoms with Gasteiger partial charge < -0.3 is 9.88 Å². The molecule has 0 aliphatic heterocycles. The second-order valence-corrected chi connectivity index (χ2v) is 4.88. The van der Waals surface area contributed by atoms with Crippen molar-refractivity contribution in [2.75, 3.05) is 14.1 Å². The molecule has 2 rings (SSSR count). The summed E-state index contributed by atoms with van der Waals surface area (Å²) in [5.74, 6) is 0. The van der Waals surface area contributed by atoms with Gasteiger partial charge in [0.25, 0.3) is 0 Å². The largest absolute Gasteiger partial charge is 0.361 e. The summed E-state index contributed by atoms with van der Waals surface area (Å²) in [6.07, 6.45) is 3.24. The molecule has 0 aliphatic carbocycles. The molecule has 86 valence electrons. The van der Waals surface area contributed by atoms with Crippen LogP contribution in [0.5, 0.6) is 0 Å². The maximum atomic E-state index is 3.35. The highest BCUT2D eigenvalue weighted by Gasteiger charge is 2.09. The zero-order valence-corrected chi connectivity index (χ0v) is 10.5. The van der Waals surface area contributed by atoms with Crippen molar-refractivity contribution in [3.05, 3.63) is 35.5 Å². The van der Waals surface area contributed by atoms with Crippen molar-refractivity contribution in [3.8, 4) is 0 Å². The van der Waals surface area contributed by atoms with Gasteiger partial charge in [0.1, 0.15) is 0 Å². The lowest BCUT2D eigenvalue weighted by Crippen LogP contribution is -2.26. The Hall–Kier alpha value is -1.28. The number of H-pyrrole nitrogens is 1. The fourth-order valence-corrected chi connectivity index (χ4v) is 1.97. The van der Waals surface area contributed by atoms with Gasteiger partial charge in [-0.05, 0) is 51.6 Å². The molecule has 1 heterocycles. The molecule has 2 heteroatoms. The number of nitrogens with one attached hydrogen (secondary N) is 1. The Bertz CT molecular complexity index is 482. The first-order valence-corrected chi connectivity index (χ1v) is 5.81. The van der Waals surface area contributed by atoms with Crippen LogP contribution in [0.15, 0.2) is 24.4 Å². The number of aromatic amines is 1. The number of hydrogen-bond donors (Lipinski definition) is 1. The summed E-state index contributed by atoms with van der Waals surface area (Å²) in [5.41, 5.74) is 3.97. The van der Waals surface area contributed by atoms with Crippen molar-refractivity contribution in [1.29, 1.82) is 0 Å². The Balaban J connectivity index is 2.32. The van der Waals surface area contributed by atoms with Crippen molar-refractivity contribution in [1.82, 2.24) is 9.88 Å². The molecule has 0 bridgehead atoms. The van der Waals surface area contributed by atoms with Crippen LogP contribution >= 0.6 is 0 Å². The zero-order chi connectivity index (χ0) is 11.7. The third kappa shape index (κ3) is 2.12. The molecule has 1 atom stereocenters. The molecule has 0 unspecified atom stereocenters. The average Bonchev–Trinajstić information content (AvgIpc) is 2.60. The third-order valence-electron chi connectivity index (χ3n) is 3.32.